The standard InChI is InChI=1S/C11H11Cl2N3O/c1-11(2)10-15-8-6(16(10)3-4-17-11)5-7(12)14-9(8)13/h5H,3-4H2,1-2H3. The molecule has 2 aromatic rings. The van der Waals surface area contributed by atoms with Gasteiger partial charge in [-0.15, -0.1) is 0 Å². The number of fused-ring (bicyclic) bond motifs is 3. The molecule has 1 aliphatic heterocycles. The van der Waals surface area contributed by atoms with Gasteiger partial charge in [-0.1, -0.05) is 23.2 Å². The Morgan fingerprint density at radius 3 is 2.88 bits per heavy atom. The number of imidazole rings is 1. The van der Waals surface area contributed by atoms with E-state index in [1.165, 1.54) is 0 Å². The molecule has 1 aliphatic rings. The third-order valence-corrected chi connectivity index (χ3v) is 3.44. The molecule has 0 amide bonds. The first-order valence-electron chi connectivity index (χ1n) is 5.36. The Bertz CT molecular complexity index is 606. The lowest BCUT2D eigenvalue weighted by Gasteiger charge is -2.30. The fourth-order valence-electron chi connectivity index (χ4n) is 2.20. The second-order valence-corrected chi connectivity index (χ2v) is 5.29. The van der Waals surface area contributed by atoms with Crippen LogP contribution < -0.4 is 0 Å². The van der Waals surface area contributed by atoms with Crippen LogP contribution in [-0.2, 0) is 16.9 Å². The summed E-state index contributed by atoms with van der Waals surface area (Å²) >= 11 is 12.0. The molecule has 6 heteroatoms. The van der Waals surface area contributed by atoms with Gasteiger partial charge in [0.1, 0.15) is 22.1 Å². The Morgan fingerprint density at radius 2 is 2.12 bits per heavy atom. The minimum absolute atomic E-state index is 0.338. The van der Waals surface area contributed by atoms with Crippen molar-refractivity contribution in [2.24, 2.45) is 0 Å². The van der Waals surface area contributed by atoms with Crippen molar-refractivity contribution < 1.29 is 4.74 Å². The van der Waals surface area contributed by atoms with Gasteiger partial charge in [-0.2, -0.15) is 0 Å². The molecule has 17 heavy (non-hydrogen) atoms. The van der Waals surface area contributed by atoms with Crippen molar-refractivity contribution in [3.63, 3.8) is 0 Å². The van der Waals surface area contributed by atoms with Crippen LogP contribution in [0.3, 0.4) is 0 Å². The van der Waals surface area contributed by atoms with Crippen molar-refractivity contribution >= 4 is 34.2 Å². The highest BCUT2D eigenvalue weighted by Gasteiger charge is 2.32. The summed E-state index contributed by atoms with van der Waals surface area (Å²) in [6.45, 7) is 5.40. The normalized spacial score (nSPS) is 18.4. The number of ether oxygens (including phenoxy) is 1. The third kappa shape index (κ3) is 1.63. The summed E-state index contributed by atoms with van der Waals surface area (Å²) in [5, 5.41) is 0.722. The summed E-state index contributed by atoms with van der Waals surface area (Å²) in [5.74, 6) is 0.865. The molecule has 0 bridgehead atoms. The molecule has 0 aliphatic carbocycles. The van der Waals surface area contributed by atoms with Crippen LogP contribution in [0.4, 0.5) is 0 Å². The Morgan fingerprint density at radius 1 is 1.35 bits per heavy atom. The lowest BCUT2D eigenvalue weighted by molar-refractivity contribution is -0.0529. The molecule has 3 heterocycles. The van der Waals surface area contributed by atoms with Crippen molar-refractivity contribution in [2.45, 2.75) is 26.0 Å². The molecule has 3 rings (SSSR count). The van der Waals surface area contributed by atoms with Gasteiger partial charge in [-0.25, -0.2) is 9.97 Å². The zero-order chi connectivity index (χ0) is 12.2. The van der Waals surface area contributed by atoms with Gasteiger partial charge < -0.3 is 9.30 Å². The zero-order valence-electron chi connectivity index (χ0n) is 9.50. The Labute approximate surface area is 109 Å². The Kier molecular flexibility index (Phi) is 2.37. The van der Waals surface area contributed by atoms with E-state index in [1.54, 1.807) is 6.07 Å². The number of hydrogen-bond acceptors (Lipinski definition) is 3. The number of rotatable bonds is 0. The van der Waals surface area contributed by atoms with Gasteiger partial charge in [-0.05, 0) is 13.8 Å². The first kappa shape index (κ1) is 11.3. The molecule has 90 valence electrons. The topological polar surface area (TPSA) is 39.9 Å². The van der Waals surface area contributed by atoms with Crippen LogP contribution in [0.1, 0.15) is 19.7 Å². The lowest BCUT2D eigenvalue weighted by atomic mass is 10.1. The van der Waals surface area contributed by atoms with E-state index in [4.69, 9.17) is 27.9 Å². The van der Waals surface area contributed by atoms with E-state index in [0.29, 0.717) is 22.4 Å². The lowest BCUT2D eigenvalue weighted by Crippen LogP contribution is -2.33. The Balaban J connectivity index is 2.38. The van der Waals surface area contributed by atoms with E-state index in [2.05, 4.69) is 14.5 Å². The van der Waals surface area contributed by atoms with Crippen molar-refractivity contribution in [2.75, 3.05) is 6.61 Å². The van der Waals surface area contributed by atoms with Gasteiger partial charge in [0.25, 0.3) is 0 Å². The molecule has 0 fully saturated rings. The largest absolute Gasteiger partial charge is 0.366 e. The van der Waals surface area contributed by atoms with E-state index in [0.717, 1.165) is 17.9 Å². The van der Waals surface area contributed by atoms with Crippen LogP contribution in [0.25, 0.3) is 11.0 Å². The summed E-state index contributed by atoms with van der Waals surface area (Å²) in [4.78, 5) is 8.54. The number of hydrogen-bond donors (Lipinski definition) is 0. The minimum atomic E-state index is -0.410. The van der Waals surface area contributed by atoms with Gasteiger partial charge in [-0.3, -0.25) is 0 Å². The SMILES string of the molecule is CC1(C)OCCn2c1nc1c(Cl)nc(Cl)cc12. The van der Waals surface area contributed by atoms with E-state index >= 15 is 0 Å². The van der Waals surface area contributed by atoms with Gasteiger partial charge in [0.15, 0.2) is 5.15 Å². The fourth-order valence-corrected chi connectivity index (χ4v) is 2.66. The highest BCUT2D eigenvalue weighted by atomic mass is 35.5. The number of halogens is 2. The quantitative estimate of drug-likeness (QED) is 0.692. The molecule has 0 unspecified atom stereocenters. The maximum Gasteiger partial charge on any atom is 0.158 e. The zero-order valence-corrected chi connectivity index (χ0v) is 11.0. The molecule has 0 saturated heterocycles. The van der Waals surface area contributed by atoms with Gasteiger partial charge in [0, 0.05) is 12.6 Å². The van der Waals surface area contributed by atoms with E-state index < -0.39 is 5.60 Å². The molecule has 0 radical (unpaired) electrons. The van der Waals surface area contributed by atoms with Crippen molar-refractivity contribution in [3.8, 4) is 0 Å². The number of aromatic nitrogens is 3. The highest BCUT2D eigenvalue weighted by Crippen LogP contribution is 2.33. The average molecular weight is 272 g/mol. The van der Waals surface area contributed by atoms with Crippen LogP contribution in [0, 0.1) is 0 Å². The van der Waals surface area contributed by atoms with Crippen LogP contribution >= 0.6 is 23.2 Å². The van der Waals surface area contributed by atoms with Crippen LogP contribution in [0.2, 0.25) is 10.3 Å². The van der Waals surface area contributed by atoms with Crippen LogP contribution in [0.15, 0.2) is 6.07 Å². The molecule has 4 nitrogen and oxygen atoms in total. The smallest absolute Gasteiger partial charge is 0.158 e. The number of pyridine rings is 1. The van der Waals surface area contributed by atoms with E-state index in [1.807, 2.05) is 13.8 Å². The van der Waals surface area contributed by atoms with Crippen molar-refractivity contribution in [1.82, 2.24) is 14.5 Å². The minimum Gasteiger partial charge on any atom is -0.366 e. The molecule has 0 atom stereocenters. The monoisotopic (exact) mass is 271 g/mol. The molecule has 0 spiro atoms. The molecular weight excluding hydrogens is 261 g/mol. The van der Waals surface area contributed by atoms with Crippen molar-refractivity contribution in [1.29, 1.82) is 0 Å². The predicted octanol–water partition coefficient (Wildman–Crippen LogP) is 3.00. The summed E-state index contributed by atoms with van der Waals surface area (Å²) in [6, 6.07) is 1.79. The second-order valence-electron chi connectivity index (χ2n) is 4.55. The van der Waals surface area contributed by atoms with E-state index in [-0.39, 0.29) is 0 Å². The molecule has 0 N–H and O–H groups in total. The molecule has 2 aromatic heterocycles. The average Bonchev–Trinajstić information content (AvgIpc) is 2.58. The first-order valence-corrected chi connectivity index (χ1v) is 6.11. The van der Waals surface area contributed by atoms with Crippen molar-refractivity contribution in [3.05, 3.63) is 22.2 Å². The van der Waals surface area contributed by atoms with Gasteiger partial charge >= 0.3 is 0 Å². The summed E-state index contributed by atoms with van der Waals surface area (Å²) in [6.07, 6.45) is 0. The molecular formula is C11H11Cl2N3O. The van der Waals surface area contributed by atoms with Gasteiger partial charge in [0.2, 0.25) is 0 Å². The van der Waals surface area contributed by atoms with Crippen LogP contribution in [-0.4, -0.2) is 21.1 Å². The number of nitrogens with zero attached hydrogens (tertiary/aromatic N) is 3. The highest BCUT2D eigenvalue weighted by molar-refractivity contribution is 6.36. The third-order valence-electron chi connectivity index (χ3n) is 2.98. The maximum absolute atomic E-state index is 6.06. The fraction of sp³-hybridized carbons (Fsp3) is 0.455. The Hall–Kier alpha value is -0.840. The predicted molar refractivity (Wildman–Crippen MR) is 66.5 cm³/mol. The maximum atomic E-state index is 6.06. The second kappa shape index (κ2) is 3.57. The molecule has 0 aromatic carbocycles. The molecule has 0 saturated carbocycles. The summed E-state index contributed by atoms with van der Waals surface area (Å²) < 4.78 is 7.81. The first-order chi connectivity index (χ1) is 7.99. The van der Waals surface area contributed by atoms with Crippen LogP contribution in [0.5, 0.6) is 0 Å². The van der Waals surface area contributed by atoms with E-state index in [9.17, 15) is 0 Å². The summed E-state index contributed by atoms with van der Waals surface area (Å²) in [7, 11) is 0. The van der Waals surface area contributed by atoms with Gasteiger partial charge in [0.05, 0.1) is 12.1 Å². The summed E-state index contributed by atoms with van der Waals surface area (Å²) in [5.41, 5.74) is 1.19.